The normalized spacial score (nSPS) is 34.6. The predicted octanol–water partition coefficient (Wildman–Crippen LogP) is 3.44. The number of aliphatic hydroxyl groups excluding tert-OH is 1. The van der Waals surface area contributed by atoms with E-state index in [-0.39, 0.29) is 30.8 Å². The molecular formula is C20H33F3N2O2. The highest BCUT2D eigenvalue weighted by atomic mass is 19.4. The molecule has 3 fully saturated rings. The van der Waals surface area contributed by atoms with E-state index >= 15 is 0 Å². The van der Waals surface area contributed by atoms with Crippen LogP contribution >= 0.6 is 0 Å². The van der Waals surface area contributed by atoms with Crippen LogP contribution < -0.4 is 0 Å². The van der Waals surface area contributed by atoms with E-state index in [1.807, 2.05) is 4.90 Å². The zero-order valence-electron chi connectivity index (χ0n) is 16.3. The molecule has 27 heavy (non-hydrogen) atoms. The zero-order chi connectivity index (χ0) is 19.6. The first-order valence-electron chi connectivity index (χ1n) is 10.5. The van der Waals surface area contributed by atoms with E-state index in [4.69, 9.17) is 0 Å². The lowest BCUT2D eigenvalue weighted by Crippen LogP contribution is -2.48. The maximum absolute atomic E-state index is 12.8. The summed E-state index contributed by atoms with van der Waals surface area (Å²) in [7, 11) is 0. The molecule has 7 heteroatoms. The molecule has 2 saturated heterocycles. The van der Waals surface area contributed by atoms with Crippen LogP contribution in [-0.2, 0) is 4.79 Å². The highest BCUT2D eigenvalue weighted by molar-refractivity contribution is 5.79. The molecule has 1 N–H and O–H groups in total. The van der Waals surface area contributed by atoms with Crippen molar-refractivity contribution >= 4 is 5.91 Å². The first kappa shape index (κ1) is 20.9. The third kappa shape index (κ3) is 5.37. The van der Waals surface area contributed by atoms with E-state index in [9.17, 15) is 23.1 Å². The van der Waals surface area contributed by atoms with Gasteiger partial charge >= 0.3 is 6.18 Å². The zero-order valence-corrected chi connectivity index (χ0v) is 16.3. The van der Waals surface area contributed by atoms with Crippen LogP contribution in [0.3, 0.4) is 0 Å². The summed E-state index contributed by atoms with van der Waals surface area (Å²) in [6.07, 6.45) is 0.235. The average molecular weight is 390 g/mol. The molecule has 0 bridgehead atoms. The molecule has 0 aromatic heterocycles. The van der Waals surface area contributed by atoms with Gasteiger partial charge in [-0.25, -0.2) is 0 Å². The third-order valence-electron chi connectivity index (χ3n) is 6.94. The molecule has 3 aliphatic rings. The van der Waals surface area contributed by atoms with Crippen LogP contribution in [0.1, 0.15) is 58.3 Å². The van der Waals surface area contributed by atoms with Crippen molar-refractivity contribution in [2.24, 2.45) is 17.8 Å². The Morgan fingerprint density at radius 1 is 1.00 bits per heavy atom. The van der Waals surface area contributed by atoms with Crippen molar-refractivity contribution in [1.29, 1.82) is 0 Å². The molecule has 2 heterocycles. The number of halogens is 3. The summed E-state index contributed by atoms with van der Waals surface area (Å²) in [6.45, 7) is 5.58. The number of nitrogens with zero attached hydrogens (tertiary/aromatic N) is 2. The number of rotatable bonds is 3. The van der Waals surface area contributed by atoms with Gasteiger partial charge in [-0.1, -0.05) is 0 Å². The number of hydrogen-bond acceptors (Lipinski definition) is 3. The van der Waals surface area contributed by atoms with Gasteiger partial charge in [0.1, 0.15) is 0 Å². The minimum atomic E-state index is -4.12. The summed E-state index contributed by atoms with van der Waals surface area (Å²) in [6, 6.07) is 0.400. The summed E-state index contributed by atoms with van der Waals surface area (Å²) in [5.74, 6) is -0.808. The molecule has 1 amide bonds. The van der Waals surface area contributed by atoms with Crippen LogP contribution in [0.25, 0.3) is 0 Å². The summed E-state index contributed by atoms with van der Waals surface area (Å²) < 4.78 is 38.4. The van der Waals surface area contributed by atoms with Gasteiger partial charge < -0.3 is 14.9 Å². The fourth-order valence-electron chi connectivity index (χ4n) is 5.06. The topological polar surface area (TPSA) is 43.8 Å². The van der Waals surface area contributed by atoms with Gasteiger partial charge in [0.05, 0.1) is 12.0 Å². The highest BCUT2D eigenvalue weighted by Gasteiger charge is 2.43. The van der Waals surface area contributed by atoms with E-state index in [1.54, 1.807) is 0 Å². The molecule has 2 unspecified atom stereocenters. The maximum Gasteiger partial charge on any atom is 0.391 e. The standard InChI is InChI=1S/C20H33F3N2O2/c1-14-12-18(26)8-11-25(14)13-15-6-9-24(10-7-15)19(27)16-2-4-17(5-3-16)20(21,22)23/h14-18,26H,2-13H2,1H3. The number of carbonyl (C=O) groups is 1. The van der Waals surface area contributed by atoms with Crippen LogP contribution in [0.4, 0.5) is 13.2 Å². The Labute approximate surface area is 160 Å². The number of hydrogen-bond donors (Lipinski definition) is 1. The Balaban J connectivity index is 1.41. The van der Waals surface area contributed by atoms with Gasteiger partial charge in [-0.2, -0.15) is 13.2 Å². The smallest absolute Gasteiger partial charge is 0.391 e. The van der Waals surface area contributed by atoms with Crippen LogP contribution in [0.2, 0.25) is 0 Å². The summed E-state index contributed by atoms with van der Waals surface area (Å²) in [4.78, 5) is 17.0. The minimum Gasteiger partial charge on any atom is -0.393 e. The van der Waals surface area contributed by atoms with E-state index in [0.29, 0.717) is 24.8 Å². The molecule has 4 nitrogen and oxygen atoms in total. The lowest BCUT2D eigenvalue weighted by molar-refractivity contribution is -0.185. The minimum absolute atomic E-state index is 0.0727. The van der Waals surface area contributed by atoms with Gasteiger partial charge in [-0.15, -0.1) is 0 Å². The highest BCUT2D eigenvalue weighted by Crippen LogP contribution is 2.40. The van der Waals surface area contributed by atoms with Gasteiger partial charge in [0.15, 0.2) is 0 Å². The fourth-order valence-corrected chi connectivity index (χ4v) is 5.06. The Hall–Kier alpha value is -0.820. The van der Waals surface area contributed by atoms with Crippen LogP contribution in [0.5, 0.6) is 0 Å². The van der Waals surface area contributed by atoms with Crippen LogP contribution in [0, 0.1) is 17.8 Å². The molecule has 2 atom stereocenters. The van der Waals surface area contributed by atoms with E-state index in [2.05, 4.69) is 11.8 Å². The second-order valence-electron chi connectivity index (χ2n) is 8.88. The van der Waals surface area contributed by atoms with Crippen molar-refractivity contribution in [2.75, 3.05) is 26.2 Å². The molecule has 2 aliphatic heterocycles. The van der Waals surface area contributed by atoms with Crippen molar-refractivity contribution in [3.63, 3.8) is 0 Å². The summed E-state index contributed by atoms with van der Waals surface area (Å²) in [5, 5.41) is 9.75. The quantitative estimate of drug-likeness (QED) is 0.803. The van der Waals surface area contributed by atoms with E-state index < -0.39 is 12.1 Å². The van der Waals surface area contributed by atoms with Crippen LogP contribution in [-0.4, -0.2) is 65.3 Å². The van der Waals surface area contributed by atoms with Crippen LogP contribution in [0.15, 0.2) is 0 Å². The number of carbonyl (C=O) groups excluding carboxylic acids is 1. The number of piperidine rings is 2. The maximum atomic E-state index is 12.8. The molecule has 3 rings (SSSR count). The summed E-state index contributed by atoms with van der Waals surface area (Å²) >= 11 is 0. The van der Waals surface area contributed by atoms with Crippen molar-refractivity contribution in [1.82, 2.24) is 9.80 Å². The number of aliphatic hydroxyl groups is 1. The van der Waals surface area contributed by atoms with Gasteiger partial charge in [0.25, 0.3) is 0 Å². The Morgan fingerprint density at radius 2 is 1.63 bits per heavy atom. The fraction of sp³-hybridized carbons (Fsp3) is 0.950. The molecule has 0 aromatic carbocycles. The molecule has 156 valence electrons. The SMILES string of the molecule is CC1CC(O)CCN1CC1CCN(C(=O)C2CCC(C(F)(F)F)CC2)CC1. The number of amides is 1. The van der Waals surface area contributed by atoms with Crippen molar-refractivity contribution in [2.45, 2.75) is 76.6 Å². The first-order valence-corrected chi connectivity index (χ1v) is 10.5. The predicted molar refractivity (Wildman–Crippen MR) is 97.1 cm³/mol. The molecule has 0 spiro atoms. The number of likely N-dealkylation sites (tertiary alicyclic amines) is 2. The second-order valence-corrected chi connectivity index (χ2v) is 8.88. The van der Waals surface area contributed by atoms with Crippen molar-refractivity contribution < 1.29 is 23.1 Å². The molecule has 1 saturated carbocycles. The lowest BCUT2D eigenvalue weighted by Gasteiger charge is -2.41. The largest absolute Gasteiger partial charge is 0.393 e. The van der Waals surface area contributed by atoms with E-state index in [1.165, 1.54) is 0 Å². The Bertz CT molecular complexity index is 498. The van der Waals surface area contributed by atoms with Gasteiger partial charge in [-0.05, 0) is 64.2 Å². The van der Waals surface area contributed by atoms with Gasteiger partial charge in [0.2, 0.25) is 5.91 Å². The first-order chi connectivity index (χ1) is 12.7. The van der Waals surface area contributed by atoms with Crippen molar-refractivity contribution in [3.8, 4) is 0 Å². The van der Waals surface area contributed by atoms with Crippen molar-refractivity contribution in [3.05, 3.63) is 0 Å². The second kappa shape index (κ2) is 8.68. The summed E-state index contributed by atoms with van der Waals surface area (Å²) in [5.41, 5.74) is 0. The Kier molecular flexibility index (Phi) is 6.72. The molecule has 1 aliphatic carbocycles. The molecule has 0 radical (unpaired) electrons. The lowest BCUT2D eigenvalue weighted by atomic mass is 9.80. The monoisotopic (exact) mass is 390 g/mol. The van der Waals surface area contributed by atoms with E-state index in [0.717, 1.165) is 51.9 Å². The third-order valence-corrected chi connectivity index (χ3v) is 6.94. The number of alkyl halides is 3. The Morgan fingerprint density at radius 3 is 2.19 bits per heavy atom. The molecular weight excluding hydrogens is 357 g/mol. The average Bonchev–Trinajstić information content (AvgIpc) is 2.63. The molecule has 0 aromatic rings. The van der Waals surface area contributed by atoms with Gasteiger partial charge in [0, 0.05) is 38.1 Å². The van der Waals surface area contributed by atoms with Gasteiger partial charge in [-0.3, -0.25) is 4.79 Å².